The van der Waals surface area contributed by atoms with Gasteiger partial charge in [0.2, 0.25) is 5.58 Å². The first-order valence-corrected chi connectivity index (χ1v) is 9.68. The molecule has 1 saturated heterocycles. The summed E-state index contributed by atoms with van der Waals surface area (Å²) in [6, 6.07) is 6.91. The molecule has 0 radical (unpaired) electrons. The van der Waals surface area contributed by atoms with Crippen molar-refractivity contribution in [2.45, 2.75) is 12.5 Å². The van der Waals surface area contributed by atoms with E-state index in [4.69, 9.17) is 21.9 Å². The minimum absolute atomic E-state index is 0.0524. The van der Waals surface area contributed by atoms with Crippen molar-refractivity contribution in [3.63, 3.8) is 0 Å². The standard InChI is InChI=1S/C19H17ClN8O2/c20-15-7-12(28-9-23-24-10-28)1-2-13(15)19(29)25-11-4-6-27(8-11)18-16-14(3-5-22-18)17(21)26-30-16/h1-3,5,7,9-11H,4,6,8H2,(H2,21,26)(H,25,29). The number of amides is 1. The van der Waals surface area contributed by atoms with Crippen molar-refractivity contribution >= 4 is 40.1 Å². The SMILES string of the molecule is Nc1noc2c(N3CCC(NC(=O)c4ccc(-n5cnnc5)cc4Cl)C3)nccc12. The van der Waals surface area contributed by atoms with Gasteiger partial charge in [-0.3, -0.25) is 9.36 Å². The van der Waals surface area contributed by atoms with Gasteiger partial charge in [0, 0.05) is 31.0 Å². The number of carbonyl (C=O) groups excluding carboxylic acids is 1. The number of nitrogens with two attached hydrogens (primary N) is 1. The molecular weight excluding hydrogens is 408 g/mol. The van der Waals surface area contributed by atoms with Crippen LogP contribution in [0, 0.1) is 0 Å². The Balaban J connectivity index is 1.29. The van der Waals surface area contributed by atoms with Crippen molar-refractivity contribution in [2.24, 2.45) is 0 Å². The lowest BCUT2D eigenvalue weighted by Gasteiger charge is -2.18. The van der Waals surface area contributed by atoms with Crippen LogP contribution in [0.4, 0.5) is 11.6 Å². The van der Waals surface area contributed by atoms with Gasteiger partial charge < -0.3 is 20.5 Å². The Morgan fingerprint density at radius 1 is 1.27 bits per heavy atom. The van der Waals surface area contributed by atoms with E-state index in [1.165, 1.54) is 0 Å². The molecule has 30 heavy (non-hydrogen) atoms. The minimum Gasteiger partial charge on any atom is -0.380 e. The number of pyridine rings is 1. The molecule has 0 bridgehead atoms. The van der Waals surface area contributed by atoms with Crippen LogP contribution in [0.25, 0.3) is 16.7 Å². The highest BCUT2D eigenvalue weighted by Crippen LogP contribution is 2.30. The van der Waals surface area contributed by atoms with Crippen LogP contribution in [0.15, 0.2) is 47.6 Å². The Bertz CT molecular complexity index is 1220. The van der Waals surface area contributed by atoms with Gasteiger partial charge in [-0.05, 0) is 30.7 Å². The van der Waals surface area contributed by atoms with Gasteiger partial charge in [0.05, 0.1) is 16.0 Å². The molecule has 5 rings (SSSR count). The summed E-state index contributed by atoms with van der Waals surface area (Å²) in [7, 11) is 0. The summed E-state index contributed by atoms with van der Waals surface area (Å²) in [5.74, 6) is 0.782. The predicted octanol–water partition coefficient (Wildman–Crippen LogP) is 2.05. The van der Waals surface area contributed by atoms with Crippen molar-refractivity contribution in [3.05, 3.63) is 53.7 Å². The van der Waals surface area contributed by atoms with Crippen molar-refractivity contribution < 1.29 is 9.32 Å². The summed E-state index contributed by atoms with van der Waals surface area (Å²) >= 11 is 6.35. The molecule has 0 spiro atoms. The maximum absolute atomic E-state index is 12.8. The van der Waals surface area contributed by atoms with Crippen molar-refractivity contribution in [1.82, 2.24) is 30.2 Å². The number of anilines is 2. The van der Waals surface area contributed by atoms with Crippen LogP contribution in [0.2, 0.25) is 5.02 Å². The Morgan fingerprint density at radius 3 is 2.90 bits per heavy atom. The fourth-order valence-electron chi connectivity index (χ4n) is 3.61. The number of nitrogen functional groups attached to an aromatic ring is 1. The van der Waals surface area contributed by atoms with Gasteiger partial charge in [-0.2, -0.15) is 0 Å². The van der Waals surface area contributed by atoms with Crippen molar-refractivity contribution in [3.8, 4) is 5.69 Å². The lowest BCUT2D eigenvalue weighted by molar-refractivity contribution is 0.0940. The summed E-state index contributed by atoms with van der Waals surface area (Å²) in [4.78, 5) is 19.2. The average molecular weight is 425 g/mol. The molecular formula is C19H17ClN8O2. The van der Waals surface area contributed by atoms with Gasteiger partial charge in [-0.25, -0.2) is 4.98 Å². The molecule has 1 aromatic carbocycles. The molecule has 1 unspecified atom stereocenters. The van der Waals surface area contributed by atoms with Crippen LogP contribution < -0.4 is 16.0 Å². The highest BCUT2D eigenvalue weighted by atomic mass is 35.5. The van der Waals surface area contributed by atoms with Crippen LogP contribution in [0.1, 0.15) is 16.8 Å². The fraction of sp³-hybridized carbons (Fsp3) is 0.211. The van der Waals surface area contributed by atoms with Gasteiger partial charge in [-0.15, -0.1) is 10.2 Å². The topological polar surface area (TPSA) is 128 Å². The van der Waals surface area contributed by atoms with Crippen molar-refractivity contribution in [2.75, 3.05) is 23.7 Å². The predicted molar refractivity (Wildman–Crippen MR) is 111 cm³/mol. The van der Waals surface area contributed by atoms with Crippen molar-refractivity contribution in [1.29, 1.82) is 0 Å². The number of benzene rings is 1. The second-order valence-electron chi connectivity index (χ2n) is 7.02. The Hall–Kier alpha value is -3.66. The number of fused-ring (bicyclic) bond motifs is 1. The van der Waals surface area contributed by atoms with Gasteiger partial charge in [0.1, 0.15) is 12.7 Å². The van der Waals surface area contributed by atoms with Gasteiger partial charge in [0.15, 0.2) is 11.6 Å². The molecule has 4 aromatic rings. The first-order chi connectivity index (χ1) is 14.6. The van der Waals surface area contributed by atoms with E-state index in [1.54, 1.807) is 47.7 Å². The van der Waals surface area contributed by atoms with E-state index >= 15 is 0 Å². The highest BCUT2D eigenvalue weighted by Gasteiger charge is 2.28. The number of carbonyl (C=O) groups is 1. The fourth-order valence-corrected chi connectivity index (χ4v) is 3.88. The third-order valence-electron chi connectivity index (χ3n) is 5.13. The molecule has 1 amide bonds. The van der Waals surface area contributed by atoms with E-state index in [-0.39, 0.29) is 11.9 Å². The maximum atomic E-state index is 12.8. The number of rotatable bonds is 4. The quantitative estimate of drug-likeness (QED) is 0.509. The molecule has 3 N–H and O–H groups in total. The summed E-state index contributed by atoms with van der Waals surface area (Å²) in [6.45, 7) is 1.31. The van der Waals surface area contributed by atoms with Crippen LogP contribution >= 0.6 is 11.6 Å². The molecule has 11 heteroatoms. The van der Waals surface area contributed by atoms with E-state index in [9.17, 15) is 4.79 Å². The molecule has 0 saturated carbocycles. The first-order valence-electron chi connectivity index (χ1n) is 9.30. The summed E-state index contributed by atoms with van der Waals surface area (Å²) in [5.41, 5.74) is 7.57. The second-order valence-corrected chi connectivity index (χ2v) is 7.42. The van der Waals surface area contributed by atoms with Crippen LogP contribution in [-0.2, 0) is 0 Å². The Morgan fingerprint density at radius 2 is 2.10 bits per heavy atom. The van der Waals surface area contributed by atoms with Gasteiger partial charge in [0.25, 0.3) is 5.91 Å². The molecule has 1 aliphatic heterocycles. The normalized spacial score (nSPS) is 16.3. The molecule has 1 atom stereocenters. The van der Waals surface area contributed by atoms with E-state index in [0.29, 0.717) is 34.3 Å². The number of hydrogen-bond donors (Lipinski definition) is 2. The number of nitrogens with one attached hydrogen (secondary N) is 1. The smallest absolute Gasteiger partial charge is 0.253 e. The van der Waals surface area contributed by atoms with E-state index in [2.05, 4.69) is 30.6 Å². The number of nitrogens with zero attached hydrogens (tertiary/aromatic N) is 6. The zero-order valence-corrected chi connectivity index (χ0v) is 16.5. The lowest BCUT2D eigenvalue weighted by atomic mass is 10.1. The first kappa shape index (κ1) is 18.4. The molecule has 3 aromatic heterocycles. The zero-order valence-electron chi connectivity index (χ0n) is 15.7. The second kappa shape index (κ2) is 7.30. The third-order valence-corrected chi connectivity index (χ3v) is 5.45. The summed E-state index contributed by atoms with van der Waals surface area (Å²) < 4.78 is 7.06. The molecule has 10 nitrogen and oxygen atoms in total. The summed E-state index contributed by atoms with van der Waals surface area (Å²) in [6.07, 6.45) is 5.57. The molecule has 4 heterocycles. The van der Waals surface area contributed by atoms with Crippen LogP contribution in [0.5, 0.6) is 0 Å². The highest BCUT2D eigenvalue weighted by molar-refractivity contribution is 6.34. The van der Waals surface area contributed by atoms with E-state index in [0.717, 1.165) is 24.0 Å². The molecule has 1 aliphatic rings. The number of aromatic nitrogens is 5. The number of halogens is 1. The molecule has 1 fully saturated rings. The van der Waals surface area contributed by atoms with E-state index in [1.807, 2.05) is 0 Å². The van der Waals surface area contributed by atoms with Crippen LogP contribution in [-0.4, -0.2) is 49.9 Å². The lowest BCUT2D eigenvalue weighted by Crippen LogP contribution is -2.37. The van der Waals surface area contributed by atoms with Crippen LogP contribution in [0.3, 0.4) is 0 Å². The Kier molecular flexibility index (Phi) is 4.47. The molecule has 0 aliphatic carbocycles. The van der Waals surface area contributed by atoms with Gasteiger partial charge in [-0.1, -0.05) is 16.8 Å². The number of hydrogen-bond acceptors (Lipinski definition) is 8. The largest absolute Gasteiger partial charge is 0.380 e. The molecule has 152 valence electrons. The zero-order chi connectivity index (χ0) is 20.7. The summed E-state index contributed by atoms with van der Waals surface area (Å²) in [5, 5.41) is 15.5. The minimum atomic E-state index is -0.225. The maximum Gasteiger partial charge on any atom is 0.253 e. The average Bonchev–Trinajstić information content (AvgIpc) is 3.49. The third kappa shape index (κ3) is 3.20. The Labute approximate surface area is 175 Å². The van der Waals surface area contributed by atoms with E-state index < -0.39 is 0 Å². The monoisotopic (exact) mass is 424 g/mol. The van der Waals surface area contributed by atoms with Gasteiger partial charge >= 0.3 is 0 Å².